The molecule has 8 heteroatoms. The molecule has 0 spiro atoms. The third-order valence-corrected chi connectivity index (χ3v) is 6.07. The Balaban J connectivity index is 1.29. The van der Waals surface area contributed by atoms with E-state index in [2.05, 4.69) is 15.6 Å². The number of carbonyl (C=O) groups excluding carboxylic acids is 3. The van der Waals surface area contributed by atoms with Gasteiger partial charge in [-0.05, 0) is 65.9 Å². The van der Waals surface area contributed by atoms with E-state index in [1.165, 1.54) is 7.11 Å². The lowest BCUT2D eigenvalue weighted by molar-refractivity contribution is 0.0891. The van der Waals surface area contributed by atoms with Gasteiger partial charge in [-0.25, -0.2) is 4.79 Å². The van der Waals surface area contributed by atoms with Gasteiger partial charge in [-0.3, -0.25) is 14.6 Å². The number of benzene rings is 2. The van der Waals surface area contributed by atoms with Crippen LogP contribution in [-0.4, -0.2) is 54.0 Å². The summed E-state index contributed by atoms with van der Waals surface area (Å²) in [5, 5.41) is 5.95. The van der Waals surface area contributed by atoms with Gasteiger partial charge in [-0.15, -0.1) is 0 Å². The number of carbonyl (C=O) groups is 3. The first-order valence-electron chi connectivity index (χ1n) is 11.5. The first-order valence-corrected chi connectivity index (χ1v) is 11.5. The van der Waals surface area contributed by atoms with Gasteiger partial charge in [0.2, 0.25) is 0 Å². The second-order valence-corrected chi connectivity index (χ2v) is 8.40. The van der Waals surface area contributed by atoms with E-state index in [4.69, 9.17) is 4.74 Å². The summed E-state index contributed by atoms with van der Waals surface area (Å²) in [6, 6.07) is 18.5. The minimum Gasteiger partial charge on any atom is -0.453 e. The normalized spacial score (nSPS) is 13.7. The second-order valence-electron chi connectivity index (χ2n) is 8.40. The molecule has 0 radical (unpaired) electrons. The summed E-state index contributed by atoms with van der Waals surface area (Å²) < 4.78 is 4.75. The quantitative estimate of drug-likeness (QED) is 0.571. The Morgan fingerprint density at radius 3 is 2.29 bits per heavy atom. The zero-order chi connectivity index (χ0) is 24.6. The zero-order valence-electron chi connectivity index (χ0n) is 19.6. The van der Waals surface area contributed by atoms with E-state index >= 15 is 0 Å². The lowest BCUT2D eigenvalue weighted by atomic mass is 10.0. The van der Waals surface area contributed by atoms with Crippen LogP contribution in [0.5, 0.6) is 0 Å². The van der Waals surface area contributed by atoms with Crippen LogP contribution in [0.1, 0.15) is 39.1 Å². The summed E-state index contributed by atoms with van der Waals surface area (Å²) >= 11 is 0. The maximum Gasteiger partial charge on any atom is 0.409 e. The average molecular weight is 473 g/mol. The zero-order valence-corrected chi connectivity index (χ0v) is 19.6. The predicted molar refractivity (Wildman–Crippen MR) is 132 cm³/mol. The third-order valence-electron chi connectivity index (χ3n) is 6.07. The van der Waals surface area contributed by atoms with Crippen molar-refractivity contribution in [2.75, 3.05) is 20.2 Å². The molecule has 0 aliphatic carbocycles. The highest BCUT2D eigenvalue weighted by atomic mass is 16.5. The molecule has 3 amide bonds. The first-order chi connectivity index (χ1) is 17.0. The number of nitrogens with one attached hydrogen (secondary N) is 2. The Bertz CT molecular complexity index is 1170. The molecule has 1 fully saturated rings. The lowest BCUT2D eigenvalue weighted by Crippen LogP contribution is -2.46. The van der Waals surface area contributed by atoms with Crippen LogP contribution in [0.25, 0.3) is 11.1 Å². The fourth-order valence-electron chi connectivity index (χ4n) is 4.07. The number of likely N-dealkylation sites (tertiary alicyclic amines) is 1. The van der Waals surface area contributed by atoms with E-state index in [1.54, 1.807) is 47.6 Å². The van der Waals surface area contributed by atoms with Gasteiger partial charge in [0, 0.05) is 49.2 Å². The lowest BCUT2D eigenvalue weighted by Gasteiger charge is -2.31. The molecule has 35 heavy (non-hydrogen) atoms. The fraction of sp³-hybridized carbons (Fsp3) is 0.259. The van der Waals surface area contributed by atoms with Gasteiger partial charge in [-0.2, -0.15) is 0 Å². The molecule has 2 N–H and O–H groups in total. The van der Waals surface area contributed by atoms with Gasteiger partial charge >= 0.3 is 6.09 Å². The number of rotatable bonds is 6. The van der Waals surface area contributed by atoms with Gasteiger partial charge in [0.1, 0.15) is 0 Å². The molecule has 2 heterocycles. The van der Waals surface area contributed by atoms with Crippen molar-refractivity contribution >= 4 is 17.9 Å². The van der Waals surface area contributed by atoms with Gasteiger partial charge in [-0.1, -0.05) is 24.3 Å². The molecule has 1 aliphatic rings. The molecular weight excluding hydrogens is 444 g/mol. The standard InChI is InChI=1S/C27H28N4O4/c1-35-27(34)31-15-11-24(12-16-31)30-26(33)23-4-2-3-19(17-23)18-29-25(32)22-7-5-20(6-8-22)21-9-13-28-14-10-21/h2-10,13-14,17,24H,11-12,15-16,18H2,1H3,(H,29,32)(H,30,33). The summed E-state index contributed by atoms with van der Waals surface area (Å²) in [4.78, 5) is 42.6. The molecule has 0 atom stereocenters. The number of nitrogens with zero attached hydrogens (tertiary/aromatic N) is 2. The van der Waals surface area contributed by atoms with E-state index in [9.17, 15) is 14.4 Å². The summed E-state index contributed by atoms with van der Waals surface area (Å²) in [5.74, 6) is -0.347. The van der Waals surface area contributed by atoms with Crippen molar-refractivity contribution in [3.63, 3.8) is 0 Å². The van der Waals surface area contributed by atoms with Gasteiger partial charge in [0.15, 0.2) is 0 Å². The topological polar surface area (TPSA) is 101 Å². The van der Waals surface area contributed by atoms with Crippen LogP contribution in [0.3, 0.4) is 0 Å². The SMILES string of the molecule is COC(=O)N1CCC(NC(=O)c2cccc(CNC(=O)c3ccc(-c4ccncc4)cc3)c2)CC1. The Morgan fingerprint density at radius 2 is 1.60 bits per heavy atom. The van der Waals surface area contributed by atoms with Crippen LogP contribution in [0, 0.1) is 0 Å². The van der Waals surface area contributed by atoms with Crippen LogP contribution >= 0.6 is 0 Å². The van der Waals surface area contributed by atoms with Gasteiger partial charge in [0.25, 0.3) is 11.8 Å². The van der Waals surface area contributed by atoms with Crippen LogP contribution < -0.4 is 10.6 Å². The van der Waals surface area contributed by atoms with Crippen molar-refractivity contribution in [2.45, 2.75) is 25.4 Å². The number of ether oxygens (including phenoxy) is 1. The Hall–Kier alpha value is -4.20. The molecule has 180 valence electrons. The molecule has 3 aromatic rings. The van der Waals surface area contributed by atoms with Crippen molar-refractivity contribution < 1.29 is 19.1 Å². The van der Waals surface area contributed by atoms with Crippen molar-refractivity contribution in [1.29, 1.82) is 0 Å². The highest BCUT2D eigenvalue weighted by molar-refractivity contribution is 5.95. The number of piperidine rings is 1. The highest BCUT2D eigenvalue weighted by Gasteiger charge is 2.24. The molecule has 1 aromatic heterocycles. The first kappa shape index (κ1) is 23.9. The number of aromatic nitrogens is 1. The molecule has 2 aromatic carbocycles. The van der Waals surface area contributed by atoms with Crippen molar-refractivity contribution in [3.05, 3.63) is 89.7 Å². The largest absolute Gasteiger partial charge is 0.453 e. The van der Waals surface area contributed by atoms with Crippen LogP contribution in [0.4, 0.5) is 4.79 Å². The Morgan fingerprint density at radius 1 is 0.914 bits per heavy atom. The number of methoxy groups -OCH3 is 1. The fourth-order valence-corrected chi connectivity index (χ4v) is 4.07. The number of hydrogen-bond donors (Lipinski definition) is 2. The minimum atomic E-state index is -0.339. The molecule has 1 saturated heterocycles. The van der Waals surface area contributed by atoms with Crippen LogP contribution in [0.2, 0.25) is 0 Å². The number of hydrogen-bond acceptors (Lipinski definition) is 5. The van der Waals surface area contributed by atoms with E-state index < -0.39 is 0 Å². The van der Waals surface area contributed by atoms with Gasteiger partial charge in [0.05, 0.1) is 7.11 Å². The molecule has 0 bridgehead atoms. The van der Waals surface area contributed by atoms with E-state index in [1.807, 2.05) is 30.3 Å². The third kappa shape index (κ3) is 6.23. The van der Waals surface area contributed by atoms with Crippen molar-refractivity contribution in [2.24, 2.45) is 0 Å². The summed E-state index contributed by atoms with van der Waals surface area (Å²) in [7, 11) is 1.37. The van der Waals surface area contributed by atoms with Crippen LogP contribution in [-0.2, 0) is 11.3 Å². The highest BCUT2D eigenvalue weighted by Crippen LogP contribution is 2.19. The number of amides is 3. The predicted octanol–water partition coefficient (Wildman–Crippen LogP) is 3.64. The maximum atomic E-state index is 12.7. The molecule has 1 aliphatic heterocycles. The molecule has 4 rings (SSSR count). The summed E-state index contributed by atoms with van der Waals surface area (Å²) in [6.45, 7) is 1.41. The van der Waals surface area contributed by atoms with Gasteiger partial charge < -0.3 is 20.3 Å². The molecular formula is C27H28N4O4. The Kier molecular flexibility index (Phi) is 7.72. The Labute approximate surface area is 204 Å². The van der Waals surface area contributed by atoms with E-state index in [0.29, 0.717) is 43.6 Å². The number of pyridine rings is 1. The van der Waals surface area contributed by atoms with E-state index in [0.717, 1.165) is 16.7 Å². The van der Waals surface area contributed by atoms with Crippen LogP contribution in [0.15, 0.2) is 73.1 Å². The summed E-state index contributed by atoms with van der Waals surface area (Å²) in [6.07, 6.45) is 4.48. The smallest absolute Gasteiger partial charge is 0.409 e. The monoisotopic (exact) mass is 472 g/mol. The van der Waals surface area contributed by atoms with Crippen molar-refractivity contribution in [1.82, 2.24) is 20.5 Å². The maximum absolute atomic E-state index is 12.7. The van der Waals surface area contributed by atoms with Crippen molar-refractivity contribution in [3.8, 4) is 11.1 Å². The molecule has 0 unspecified atom stereocenters. The second kappa shape index (κ2) is 11.3. The average Bonchev–Trinajstić information content (AvgIpc) is 2.92. The molecule has 8 nitrogen and oxygen atoms in total. The summed E-state index contributed by atoms with van der Waals surface area (Å²) in [5.41, 5.74) is 3.98. The minimum absolute atomic E-state index is 0.00175. The molecule has 0 saturated carbocycles. The van der Waals surface area contributed by atoms with E-state index in [-0.39, 0.29) is 23.9 Å².